The van der Waals surface area contributed by atoms with E-state index in [4.69, 9.17) is 0 Å². The van der Waals surface area contributed by atoms with Crippen molar-refractivity contribution in [2.75, 3.05) is 11.9 Å². The van der Waals surface area contributed by atoms with Crippen LogP contribution in [0.3, 0.4) is 0 Å². The zero-order chi connectivity index (χ0) is 23.5. The van der Waals surface area contributed by atoms with Crippen LogP contribution in [0.1, 0.15) is 66.1 Å². The maximum absolute atomic E-state index is 13.8. The molecule has 1 aliphatic carbocycles. The predicted molar refractivity (Wildman–Crippen MR) is 126 cm³/mol. The molecule has 1 aliphatic rings. The van der Waals surface area contributed by atoms with E-state index in [1.807, 2.05) is 19.1 Å². The second-order valence-corrected chi connectivity index (χ2v) is 10.6. The van der Waals surface area contributed by atoms with E-state index in [1.54, 1.807) is 38.1 Å². The van der Waals surface area contributed by atoms with Crippen molar-refractivity contribution < 1.29 is 18.0 Å². The molecule has 0 spiro atoms. The summed E-state index contributed by atoms with van der Waals surface area (Å²) in [5.74, 6) is -0.514. The highest BCUT2D eigenvalue weighted by atomic mass is 32.2. The molecule has 3 rings (SSSR count). The Morgan fingerprint density at radius 1 is 1.00 bits per heavy atom. The van der Waals surface area contributed by atoms with Crippen LogP contribution in [-0.2, 0) is 14.8 Å². The first-order valence-electron chi connectivity index (χ1n) is 11.1. The number of nitrogens with zero attached hydrogens (tertiary/aromatic N) is 1. The van der Waals surface area contributed by atoms with E-state index >= 15 is 0 Å². The molecule has 1 amide bonds. The van der Waals surface area contributed by atoms with Gasteiger partial charge in [-0.3, -0.25) is 9.59 Å². The number of nitrogens with one attached hydrogen (secondary N) is 1. The Morgan fingerprint density at radius 2 is 1.62 bits per heavy atom. The number of rotatable bonds is 7. The van der Waals surface area contributed by atoms with Crippen LogP contribution in [0, 0.1) is 20.8 Å². The maximum Gasteiger partial charge on any atom is 0.244 e. The van der Waals surface area contributed by atoms with Gasteiger partial charge in [0.1, 0.15) is 0 Å². The lowest BCUT2D eigenvalue weighted by atomic mass is 9.95. The Hall–Kier alpha value is -2.51. The summed E-state index contributed by atoms with van der Waals surface area (Å²) in [7, 11) is -3.87. The monoisotopic (exact) mass is 456 g/mol. The molecule has 0 aliphatic heterocycles. The van der Waals surface area contributed by atoms with Gasteiger partial charge in [0.05, 0.1) is 11.4 Å². The highest BCUT2D eigenvalue weighted by Crippen LogP contribution is 2.31. The number of hydrogen-bond acceptors (Lipinski definition) is 4. The van der Waals surface area contributed by atoms with Crippen molar-refractivity contribution in [1.82, 2.24) is 4.31 Å². The molecule has 0 bridgehead atoms. The number of anilines is 1. The molecule has 172 valence electrons. The average Bonchev–Trinajstić information content (AvgIpc) is 2.71. The minimum Gasteiger partial charge on any atom is -0.325 e. The fraction of sp³-hybridized carbons (Fsp3) is 0.440. The van der Waals surface area contributed by atoms with E-state index in [9.17, 15) is 18.0 Å². The van der Waals surface area contributed by atoms with Crippen LogP contribution < -0.4 is 5.32 Å². The van der Waals surface area contributed by atoms with Crippen LogP contribution in [0.25, 0.3) is 0 Å². The molecule has 2 aromatic carbocycles. The van der Waals surface area contributed by atoms with Crippen molar-refractivity contribution in [2.45, 2.75) is 70.7 Å². The number of carbonyl (C=O) groups is 2. The average molecular weight is 457 g/mol. The zero-order valence-corrected chi connectivity index (χ0v) is 20.1. The van der Waals surface area contributed by atoms with Crippen molar-refractivity contribution >= 4 is 27.4 Å². The quantitative estimate of drug-likeness (QED) is 0.608. The number of Topliss-reactive ketones (excluding diaryl/α,β-unsaturated/α-hetero) is 1. The van der Waals surface area contributed by atoms with Gasteiger partial charge in [-0.05, 0) is 63.8 Å². The normalized spacial score (nSPS) is 15.0. The molecule has 32 heavy (non-hydrogen) atoms. The molecule has 0 heterocycles. The van der Waals surface area contributed by atoms with Gasteiger partial charge in [0.15, 0.2) is 5.78 Å². The second kappa shape index (κ2) is 9.96. The minimum absolute atomic E-state index is 0.0992. The molecule has 0 radical (unpaired) electrons. The Morgan fingerprint density at radius 3 is 2.22 bits per heavy atom. The van der Waals surface area contributed by atoms with Crippen molar-refractivity contribution in [1.29, 1.82) is 0 Å². The van der Waals surface area contributed by atoms with Crippen LogP contribution in [0.4, 0.5) is 5.69 Å². The van der Waals surface area contributed by atoms with E-state index in [1.165, 1.54) is 11.2 Å². The van der Waals surface area contributed by atoms with Gasteiger partial charge in [0.2, 0.25) is 15.9 Å². The molecule has 6 nitrogen and oxygen atoms in total. The molecule has 7 heteroatoms. The first kappa shape index (κ1) is 24.1. The molecular weight excluding hydrogens is 424 g/mol. The van der Waals surface area contributed by atoms with E-state index in [-0.39, 0.29) is 18.4 Å². The largest absolute Gasteiger partial charge is 0.325 e. The Kier molecular flexibility index (Phi) is 7.51. The summed E-state index contributed by atoms with van der Waals surface area (Å²) in [5, 5.41) is 2.77. The molecule has 0 aromatic heterocycles. The fourth-order valence-corrected chi connectivity index (χ4v) is 6.68. The molecule has 0 saturated heterocycles. The van der Waals surface area contributed by atoms with E-state index in [0.717, 1.165) is 37.7 Å². The topological polar surface area (TPSA) is 83.6 Å². The lowest BCUT2D eigenvalue weighted by Crippen LogP contribution is -2.46. The summed E-state index contributed by atoms with van der Waals surface area (Å²) >= 11 is 0. The van der Waals surface area contributed by atoms with Gasteiger partial charge < -0.3 is 5.32 Å². The molecule has 2 aromatic rings. The van der Waals surface area contributed by atoms with Crippen molar-refractivity contribution in [3.63, 3.8) is 0 Å². The summed E-state index contributed by atoms with van der Waals surface area (Å²) < 4.78 is 29.0. The first-order chi connectivity index (χ1) is 15.1. The van der Waals surface area contributed by atoms with E-state index in [2.05, 4.69) is 5.32 Å². The molecule has 1 fully saturated rings. The summed E-state index contributed by atoms with van der Waals surface area (Å²) in [6.07, 6.45) is 4.47. The standard InChI is InChI=1S/C25H32N2O4S/c1-17-13-18(2)25(19(3)14-17)32(30,31)27(23-11-6-5-7-12-23)16-24(29)26-22-10-8-9-21(15-22)20(4)28/h8-10,13-15,23H,5-7,11-12,16H2,1-4H3,(H,26,29). The maximum atomic E-state index is 13.8. The van der Waals surface area contributed by atoms with Crippen molar-refractivity contribution in [3.05, 3.63) is 58.7 Å². The van der Waals surface area contributed by atoms with Crippen LogP contribution in [0.5, 0.6) is 0 Å². The zero-order valence-electron chi connectivity index (χ0n) is 19.3. The fourth-order valence-electron chi connectivity index (χ4n) is 4.63. The highest BCUT2D eigenvalue weighted by Gasteiger charge is 2.35. The SMILES string of the molecule is CC(=O)c1cccc(NC(=O)CN(C2CCCCC2)S(=O)(=O)c2c(C)cc(C)cc2C)c1. The van der Waals surface area contributed by atoms with Gasteiger partial charge in [0.25, 0.3) is 0 Å². The third-order valence-corrected chi connectivity index (χ3v) is 8.21. The van der Waals surface area contributed by atoms with Crippen LogP contribution in [-0.4, -0.2) is 37.0 Å². The summed E-state index contributed by atoms with van der Waals surface area (Å²) in [5.41, 5.74) is 3.36. The lowest BCUT2D eigenvalue weighted by molar-refractivity contribution is -0.116. The molecule has 1 N–H and O–H groups in total. The molecule has 0 unspecified atom stereocenters. The molecule has 0 atom stereocenters. The smallest absolute Gasteiger partial charge is 0.244 e. The lowest BCUT2D eigenvalue weighted by Gasteiger charge is -2.33. The van der Waals surface area contributed by atoms with Gasteiger partial charge in [-0.15, -0.1) is 0 Å². The van der Waals surface area contributed by atoms with Crippen LogP contribution in [0.2, 0.25) is 0 Å². The predicted octanol–water partition coefficient (Wildman–Crippen LogP) is 4.78. The number of carbonyl (C=O) groups excluding carboxylic acids is 2. The van der Waals surface area contributed by atoms with Gasteiger partial charge in [-0.2, -0.15) is 4.31 Å². The van der Waals surface area contributed by atoms with Gasteiger partial charge in [-0.1, -0.05) is 49.1 Å². The van der Waals surface area contributed by atoms with Crippen molar-refractivity contribution in [2.24, 2.45) is 0 Å². The van der Waals surface area contributed by atoms with Gasteiger partial charge >= 0.3 is 0 Å². The Bertz CT molecular complexity index is 1100. The summed E-state index contributed by atoms with van der Waals surface area (Å²) in [6.45, 7) is 6.76. The van der Waals surface area contributed by atoms with Gasteiger partial charge in [-0.25, -0.2) is 8.42 Å². The number of ketones is 1. The number of amides is 1. The Labute approximate surface area is 191 Å². The first-order valence-corrected chi connectivity index (χ1v) is 12.5. The minimum atomic E-state index is -3.87. The summed E-state index contributed by atoms with van der Waals surface area (Å²) in [6, 6.07) is 10.2. The van der Waals surface area contributed by atoms with E-state index in [0.29, 0.717) is 27.3 Å². The number of hydrogen-bond donors (Lipinski definition) is 1. The van der Waals surface area contributed by atoms with Gasteiger partial charge in [0, 0.05) is 17.3 Å². The third-order valence-electron chi connectivity index (χ3n) is 6.01. The summed E-state index contributed by atoms with van der Waals surface area (Å²) in [4.78, 5) is 24.9. The molecular formula is C25H32N2O4S. The Balaban J connectivity index is 1.92. The number of sulfonamides is 1. The van der Waals surface area contributed by atoms with E-state index < -0.39 is 15.9 Å². The third kappa shape index (κ3) is 5.45. The van der Waals surface area contributed by atoms with Crippen LogP contribution in [0.15, 0.2) is 41.3 Å². The second-order valence-electron chi connectivity index (χ2n) is 8.76. The van der Waals surface area contributed by atoms with Crippen LogP contribution >= 0.6 is 0 Å². The number of benzene rings is 2. The number of aryl methyl sites for hydroxylation is 3. The molecule has 1 saturated carbocycles. The van der Waals surface area contributed by atoms with Crippen molar-refractivity contribution in [3.8, 4) is 0 Å². The highest BCUT2D eigenvalue weighted by molar-refractivity contribution is 7.89.